The highest BCUT2D eigenvalue weighted by atomic mass is 14.3. The van der Waals surface area contributed by atoms with Crippen molar-refractivity contribution in [1.82, 2.24) is 0 Å². The van der Waals surface area contributed by atoms with Crippen LogP contribution in [0.1, 0.15) is 20.8 Å². The molecule has 0 N–H and O–H groups in total. The van der Waals surface area contributed by atoms with E-state index in [1.807, 2.05) is 0 Å². The lowest BCUT2D eigenvalue weighted by atomic mass is 9.43. The van der Waals surface area contributed by atoms with Crippen LogP contribution in [0.5, 0.6) is 0 Å². The zero-order valence-electron chi connectivity index (χ0n) is 17.6. The molecule has 0 amide bonds. The molecule has 0 aromatic carbocycles. The molecule has 0 radical (unpaired) electrons. The molecule has 9 atom stereocenters. The number of hydrogen-bond acceptors (Lipinski definition) is 0. The molecule has 118 valence electrons. The van der Waals surface area contributed by atoms with Crippen LogP contribution in [0.15, 0.2) is 0 Å². The minimum Gasteiger partial charge on any atom is -0.0856 e. The Morgan fingerprint density at radius 3 is 1.32 bits per heavy atom. The zero-order chi connectivity index (χ0) is 17.6. The van der Waals surface area contributed by atoms with Gasteiger partial charge in [-0.25, -0.2) is 0 Å². The van der Waals surface area contributed by atoms with Crippen molar-refractivity contribution in [2.24, 2.45) is 17.8 Å². The molecule has 0 spiro atoms. The third-order valence-electron chi connectivity index (χ3n) is 8.06. The van der Waals surface area contributed by atoms with E-state index in [1.165, 1.54) is 12.6 Å². The molecule has 0 rings (SSSR count). The molecule has 0 fully saturated rings. The number of rotatable bonds is 10. The Hall–Kier alpha value is 0.519. The second-order valence-electron chi connectivity index (χ2n) is 8.78. The van der Waals surface area contributed by atoms with Gasteiger partial charge in [-0.1, -0.05) is 68.3 Å². The molecule has 0 aliphatic carbocycles. The summed E-state index contributed by atoms with van der Waals surface area (Å²) in [6.45, 7) is 7.47. The van der Waals surface area contributed by atoms with Crippen molar-refractivity contribution in [1.29, 1.82) is 0 Å². The van der Waals surface area contributed by atoms with E-state index in [0.717, 1.165) is 52.7 Å². The van der Waals surface area contributed by atoms with Crippen LogP contribution < -0.4 is 0 Å². The summed E-state index contributed by atoms with van der Waals surface area (Å²) < 4.78 is 0. The summed E-state index contributed by atoms with van der Waals surface area (Å²) in [5.41, 5.74) is 0. The van der Waals surface area contributed by atoms with E-state index in [2.05, 4.69) is 83.5 Å². The second-order valence-corrected chi connectivity index (χ2v) is 8.78. The monoisotopic (exact) mass is 294 g/mol. The maximum Gasteiger partial charge on any atom is 0.105 e. The van der Waals surface area contributed by atoms with Gasteiger partial charge in [-0.05, 0) is 17.8 Å². The second kappa shape index (κ2) is 10.4. The molecule has 22 heavy (non-hydrogen) atoms. The molecule has 0 aliphatic rings. The Bertz CT molecular complexity index is 275. The summed E-state index contributed by atoms with van der Waals surface area (Å²) in [6, 6.07) is 0. The van der Waals surface area contributed by atoms with Crippen molar-refractivity contribution >= 4 is 62.8 Å². The van der Waals surface area contributed by atoms with Crippen LogP contribution in [0.4, 0.5) is 0 Å². The quantitative estimate of drug-likeness (QED) is 0.392. The average Bonchev–Trinajstić information content (AvgIpc) is 2.55. The highest BCUT2D eigenvalue weighted by molar-refractivity contribution is 6.32. The standard InChI is InChI=1S/C14H38B8/c1-6(7(2)9(17)4-15)8(3)11(19)13(21)14(22)12(20)10(18)5-16/h6-14H,4-5,15-22H2,1-3H3. The Kier molecular flexibility index (Phi) is 10.6. The van der Waals surface area contributed by atoms with E-state index in [1.54, 1.807) is 0 Å². The average molecular weight is 293 g/mol. The lowest BCUT2D eigenvalue weighted by molar-refractivity contribution is 0.256. The van der Waals surface area contributed by atoms with Gasteiger partial charge in [0.2, 0.25) is 0 Å². The lowest BCUT2D eigenvalue weighted by Crippen LogP contribution is -2.28. The zero-order valence-corrected chi connectivity index (χ0v) is 17.6. The summed E-state index contributed by atoms with van der Waals surface area (Å²) in [5.74, 6) is 7.41. The van der Waals surface area contributed by atoms with Gasteiger partial charge in [-0.3, -0.25) is 0 Å². The fourth-order valence-electron chi connectivity index (χ4n) is 4.17. The third kappa shape index (κ3) is 5.86. The van der Waals surface area contributed by atoms with Gasteiger partial charge in [0.05, 0.1) is 0 Å². The van der Waals surface area contributed by atoms with Crippen LogP contribution in [0, 0.1) is 17.8 Å². The fraction of sp³-hybridized carbons (Fsp3) is 1.00. The maximum absolute atomic E-state index is 2.51. The third-order valence-corrected chi connectivity index (χ3v) is 8.06. The van der Waals surface area contributed by atoms with Gasteiger partial charge in [-0.2, -0.15) is 0 Å². The minimum atomic E-state index is 0.808. The minimum absolute atomic E-state index is 0.808. The summed E-state index contributed by atoms with van der Waals surface area (Å²) >= 11 is 0. The van der Waals surface area contributed by atoms with E-state index in [4.69, 9.17) is 0 Å². The molecule has 9 unspecified atom stereocenters. The molecular weight excluding hydrogens is 255 g/mol. The van der Waals surface area contributed by atoms with Gasteiger partial charge in [-0.15, -0.1) is 0 Å². The fourth-order valence-corrected chi connectivity index (χ4v) is 4.17. The van der Waals surface area contributed by atoms with E-state index in [0.29, 0.717) is 0 Å². The topological polar surface area (TPSA) is 0 Å². The molecule has 0 aromatic heterocycles. The highest BCUT2D eigenvalue weighted by Crippen LogP contribution is 2.47. The van der Waals surface area contributed by atoms with Crippen molar-refractivity contribution in [2.75, 3.05) is 0 Å². The molecule has 8 heteroatoms. The first kappa shape index (κ1) is 22.5. The van der Waals surface area contributed by atoms with Crippen molar-refractivity contribution < 1.29 is 0 Å². The van der Waals surface area contributed by atoms with E-state index in [9.17, 15) is 0 Å². The van der Waals surface area contributed by atoms with Gasteiger partial charge >= 0.3 is 0 Å². The van der Waals surface area contributed by atoms with Crippen LogP contribution in [0.3, 0.4) is 0 Å². The molecule has 0 saturated carbocycles. The molecule has 0 nitrogen and oxygen atoms in total. The van der Waals surface area contributed by atoms with Gasteiger partial charge in [0.15, 0.2) is 0 Å². The van der Waals surface area contributed by atoms with Gasteiger partial charge < -0.3 is 0 Å². The van der Waals surface area contributed by atoms with E-state index in [-0.39, 0.29) is 0 Å². The Labute approximate surface area is 149 Å². The van der Waals surface area contributed by atoms with Crippen LogP contribution in [-0.4, -0.2) is 62.8 Å². The first-order chi connectivity index (χ1) is 10.1. The van der Waals surface area contributed by atoms with Crippen LogP contribution in [0.25, 0.3) is 0 Å². The highest BCUT2D eigenvalue weighted by Gasteiger charge is 2.32. The molecule has 0 aromatic rings. The Balaban J connectivity index is 4.82. The van der Waals surface area contributed by atoms with Gasteiger partial charge in [0, 0.05) is 0 Å². The maximum atomic E-state index is 2.51. The normalized spacial score (nSPS) is 24.3. The van der Waals surface area contributed by atoms with Crippen molar-refractivity contribution in [3.63, 3.8) is 0 Å². The summed E-state index contributed by atoms with van der Waals surface area (Å²) in [4.78, 5) is 0. The molecule has 0 saturated heterocycles. The van der Waals surface area contributed by atoms with Crippen molar-refractivity contribution in [3.05, 3.63) is 0 Å². The summed E-state index contributed by atoms with van der Waals surface area (Å²) in [5, 5.41) is 0. The largest absolute Gasteiger partial charge is 0.105 e. The van der Waals surface area contributed by atoms with Gasteiger partial charge in [0.25, 0.3) is 0 Å². The van der Waals surface area contributed by atoms with Crippen LogP contribution >= 0.6 is 0 Å². The predicted molar refractivity (Wildman–Crippen MR) is 128 cm³/mol. The molecular formula is C14H38B8. The SMILES string of the molecule is BCC(B)C(B)C(B)C(B)C(B)C(C)C(C)C(C)C(B)CB. The Morgan fingerprint density at radius 1 is 0.500 bits per heavy atom. The smallest absolute Gasteiger partial charge is 0.0856 e. The van der Waals surface area contributed by atoms with Crippen molar-refractivity contribution in [3.8, 4) is 0 Å². The van der Waals surface area contributed by atoms with Crippen LogP contribution in [-0.2, 0) is 0 Å². The summed E-state index contributed by atoms with van der Waals surface area (Å²) in [6.07, 6.45) is 2.62. The molecule has 0 bridgehead atoms. The molecule has 0 heterocycles. The van der Waals surface area contributed by atoms with Gasteiger partial charge in [0.1, 0.15) is 62.8 Å². The Morgan fingerprint density at radius 2 is 0.909 bits per heavy atom. The lowest BCUT2D eigenvalue weighted by Gasteiger charge is -2.40. The van der Waals surface area contributed by atoms with Crippen molar-refractivity contribution in [2.45, 2.75) is 68.3 Å². The van der Waals surface area contributed by atoms with E-state index < -0.39 is 0 Å². The number of hydrogen-bond donors (Lipinski definition) is 0. The van der Waals surface area contributed by atoms with Crippen LogP contribution in [0.2, 0.25) is 47.5 Å². The van der Waals surface area contributed by atoms with E-state index >= 15 is 0 Å². The predicted octanol–water partition coefficient (Wildman–Crippen LogP) is -2.47. The first-order valence-corrected chi connectivity index (χ1v) is 10.1. The first-order valence-electron chi connectivity index (χ1n) is 10.1. The molecule has 0 aliphatic heterocycles. The summed E-state index contributed by atoms with van der Waals surface area (Å²) in [7, 11) is 19.5.